The number of pyridine rings is 2. The fourth-order valence-electron chi connectivity index (χ4n) is 6.07. The number of aromatic nitrogens is 4. The summed E-state index contributed by atoms with van der Waals surface area (Å²) in [5.41, 5.74) is -0.267. The minimum atomic E-state index is -5.00. The summed E-state index contributed by atoms with van der Waals surface area (Å²) in [7, 11) is 0. The lowest BCUT2D eigenvalue weighted by molar-refractivity contribution is -0.182. The molecular formula is C26H28F3N7O2. The molecule has 1 aliphatic carbocycles. The quantitative estimate of drug-likeness (QED) is 0.400. The van der Waals surface area contributed by atoms with E-state index in [1.165, 1.54) is 0 Å². The van der Waals surface area contributed by atoms with Crippen LogP contribution in [0.1, 0.15) is 50.6 Å². The zero-order valence-corrected chi connectivity index (χ0v) is 20.8. The molecule has 0 aromatic carbocycles. The molecule has 1 saturated carbocycles. The van der Waals surface area contributed by atoms with Crippen molar-refractivity contribution in [2.75, 3.05) is 10.6 Å². The van der Waals surface area contributed by atoms with Crippen molar-refractivity contribution in [1.82, 2.24) is 25.1 Å². The van der Waals surface area contributed by atoms with Gasteiger partial charge < -0.3 is 15.5 Å². The largest absolute Gasteiger partial charge is 0.451 e. The van der Waals surface area contributed by atoms with Crippen LogP contribution in [0.4, 0.5) is 30.6 Å². The zero-order chi connectivity index (χ0) is 26.7. The summed E-state index contributed by atoms with van der Waals surface area (Å²) in [6, 6.07) is 6.99. The summed E-state index contributed by atoms with van der Waals surface area (Å²) < 4.78 is 39.8. The Bertz CT molecular complexity index is 1390. The number of H-pyrrole nitrogens is 1. The summed E-state index contributed by atoms with van der Waals surface area (Å²) >= 11 is 0. The molecule has 5 heterocycles. The second-order valence-electron chi connectivity index (χ2n) is 10.7. The summed E-state index contributed by atoms with van der Waals surface area (Å²) in [5.74, 6) is -0.701. The molecular weight excluding hydrogens is 499 g/mol. The molecule has 12 heteroatoms. The average Bonchev–Trinajstić information content (AvgIpc) is 3.58. The van der Waals surface area contributed by atoms with E-state index in [4.69, 9.17) is 4.98 Å². The molecule has 3 aromatic heterocycles. The first-order valence-electron chi connectivity index (χ1n) is 12.9. The number of nitrogens with one attached hydrogen (secondary N) is 3. The number of alkyl halides is 3. The highest BCUT2D eigenvalue weighted by molar-refractivity contribution is 6.11. The van der Waals surface area contributed by atoms with E-state index in [0.29, 0.717) is 43.1 Å². The molecule has 0 spiro atoms. The van der Waals surface area contributed by atoms with Crippen molar-refractivity contribution in [3.63, 3.8) is 0 Å². The molecule has 1 amide bonds. The van der Waals surface area contributed by atoms with Crippen LogP contribution < -0.4 is 10.6 Å². The average molecular weight is 528 g/mol. The topological polar surface area (TPSA) is 116 Å². The van der Waals surface area contributed by atoms with Crippen LogP contribution in [0.25, 0.3) is 10.9 Å². The lowest BCUT2D eigenvalue weighted by Gasteiger charge is -2.50. The van der Waals surface area contributed by atoms with Crippen molar-refractivity contribution in [2.45, 2.75) is 76.2 Å². The molecule has 3 aromatic rings. The van der Waals surface area contributed by atoms with Gasteiger partial charge in [-0.25, -0.2) is 4.98 Å². The van der Waals surface area contributed by atoms with E-state index in [-0.39, 0.29) is 31.0 Å². The van der Waals surface area contributed by atoms with Gasteiger partial charge in [-0.05, 0) is 64.0 Å². The highest BCUT2D eigenvalue weighted by atomic mass is 19.4. The van der Waals surface area contributed by atoms with E-state index in [1.807, 2.05) is 31.2 Å². The third kappa shape index (κ3) is 4.35. The molecule has 9 nitrogen and oxygen atoms in total. The van der Waals surface area contributed by atoms with Crippen molar-refractivity contribution in [3.8, 4) is 0 Å². The maximum atomic E-state index is 13.4. The standard InChI is InChI=1S/C26H28F3N7O2/c1-14-10-21(35-34-14)32-20-13-19-18(6-3-9-30-19)22(33-20)31-15-11-16-4-2-5-17(12-15)36(16)24(38)25(7-8-25)23(37)26(27,28)29/h3,6,9-10,13,15-17H,2,4-5,7-8,11-12H2,1H3,(H3,31,32,33,34,35)/t15?,16-,17+. The number of anilines is 3. The number of amides is 1. The number of halogens is 3. The molecule has 3 N–H and O–H groups in total. The van der Waals surface area contributed by atoms with Crippen LogP contribution in [0.3, 0.4) is 0 Å². The fraction of sp³-hybridized carbons (Fsp3) is 0.500. The summed E-state index contributed by atoms with van der Waals surface area (Å²) in [6.45, 7) is 1.90. The minimum absolute atomic E-state index is 0.0278. The predicted octanol–water partition coefficient (Wildman–Crippen LogP) is 4.64. The van der Waals surface area contributed by atoms with Gasteiger partial charge in [-0.15, -0.1) is 0 Å². The maximum absolute atomic E-state index is 13.4. The maximum Gasteiger partial charge on any atom is 0.451 e. The number of piperidine rings is 2. The summed E-state index contributed by atoms with van der Waals surface area (Å²) in [6.07, 6.45) is 0.0870. The van der Waals surface area contributed by atoms with Crippen LogP contribution >= 0.6 is 0 Å². The first kappa shape index (κ1) is 24.6. The zero-order valence-electron chi connectivity index (χ0n) is 20.8. The molecule has 3 aliphatic rings. The van der Waals surface area contributed by atoms with Crippen LogP contribution in [-0.2, 0) is 9.59 Å². The van der Waals surface area contributed by atoms with E-state index < -0.39 is 23.3 Å². The van der Waals surface area contributed by atoms with Gasteiger partial charge in [-0.1, -0.05) is 0 Å². The molecule has 38 heavy (non-hydrogen) atoms. The number of Topliss-reactive ketones (excluding diaryl/α,β-unsaturated/α-hetero) is 1. The highest BCUT2D eigenvalue weighted by Crippen LogP contribution is 2.53. The lowest BCUT2D eigenvalue weighted by Crippen LogP contribution is -2.60. The molecule has 200 valence electrons. The van der Waals surface area contributed by atoms with Crippen LogP contribution in [-0.4, -0.2) is 61.1 Å². The second-order valence-corrected chi connectivity index (χ2v) is 10.7. The second kappa shape index (κ2) is 8.95. The Labute approximate surface area is 216 Å². The Morgan fingerprint density at radius 1 is 1.13 bits per heavy atom. The van der Waals surface area contributed by atoms with Gasteiger partial charge in [-0.3, -0.25) is 19.7 Å². The number of aryl methyl sites for hydroxylation is 1. The Kier molecular flexibility index (Phi) is 5.80. The number of aromatic amines is 1. The number of rotatable bonds is 6. The smallest absolute Gasteiger partial charge is 0.367 e. The van der Waals surface area contributed by atoms with Crippen molar-refractivity contribution < 1.29 is 22.8 Å². The van der Waals surface area contributed by atoms with Crippen LogP contribution in [0, 0.1) is 12.3 Å². The van der Waals surface area contributed by atoms with Gasteiger partial charge in [0.2, 0.25) is 5.91 Å². The van der Waals surface area contributed by atoms with E-state index in [1.54, 1.807) is 11.1 Å². The molecule has 1 unspecified atom stereocenters. The Hall–Kier alpha value is -3.70. The molecule has 2 saturated heterocycles. The Balaban J connectivity index is 1.24. The predicted molar refractivity (Wildman–Crippen MR) is 134 cm³/mol. The van der Waals surface area contributed by atoms with Crippen LogP contribution in [0.2, 0.25) is 0 Å². The number of hydrogen-bond donors (Lipinski definition) is 3. The third-order valence-electron chi connectivity index (χ3n) is 7.96. The van der Waals surface area contributed by atoms with E-state index >= 15 is 0 Å². The van der Waals surface area contributed by atoms with Crippen molar-refractivity contribution >= 4 is 40.0 Å². The van der Waals surface area contributed by atoms with E-state index in [9.17, 15) is 22.8 Å². The molecule has 2 aliphatic heterocycles. The van der Waals surface area contributed by atoms with Crippen LogP contribution in [0.15, 0.2) is 30.5 Å². The normalized spacial score (nSPS) is 24.2. The summed E-state index contributed by atoms with van der Waals surface area (Å²) in [4.78, 5) is 36.4. The van der Waals surface area contributed by atoms with E-state index in [2.05, 4.69) is 25.8 Å². The fourth-order valence-corrected chi connectivity index (χ4v) is 6.07. The van der Waals surface area contributed by atoms with E-state index in [0.717, 1.165) is 23.0 Å². The first-order valence-corrected chi connectivity index (χ1v) is 12.9. The Morgan fingerprint density at radius 3 is 2.50 bits per heavy atom. The van der Waals surface area contributed by atoms with Crippen molar-refractivity contribution in [1.29, 1.82) is 0 Å². The van der Waals surface area contributed by atoms with Crippen LogP contribution in [0.5, 0.6) is 0 Å². The molecule has 2 bridgehead atoms. The van der Waals surface area contributed by atoms with Gasteiger partial charge >= 0.3 is 6.18 Å². The Morgan fingerprint density at radius 2 is 1.87 bits per heavy atom. The number of ketones is 1. The molecule has 6 rings (SSSR count). The number of carbonyl (C=O) groups is 2. The van der Waals surface area contributed by atoms with Crippen molar-refractivity contribution in [2.24, 2.45) is 5.41 Å². The lowest BCUT2D eigenvalue weighted by atomic mass is 9.80. The number of fused-ring (bicyclic) bond motifs is 3. The van der Waals surface area contributed by atoms with Gasteiger partial charge in [0.15, 0.2) is 5.82 Å². The van der Waals surface area contributed by atoms with Gasteiger partial charge in [-0.2, -0.15) is 18.3 Å². The highest BCUT2D eigenvalue weighted by Gasteiger charge is 2.66. The molecule has 3 atom stereocenters. The summed E-state index contributed by atoms with van der Waals surface area (Å²) in [5, 5.41) is 14.7. The minimum Gasteiger partial charge on any atom is -0.367 e. The monoisotopic (exact) mass is 527 g/mol. The van der Waals surface area contributed by atoms with Gasteiger partial charge in [0.05, 0.1) is 5.52 Å². The number of carbonyl (C=O) groups excluding carboxylic acids is 2. The van der Waals surface area contributed by atoms with Gasteiger partial charge in [0, 0.05) is 47.5 Å². The van der Waals surface area contributed by atoms with Gasteiger partial charge in [0.25, 0.3) is 5.78 Å². The SMILES string of the molecule is Cc1cc(Nc2cc3ncccc3c(NC3C[C@H]4CCC[C@@H](C3)N4C(=O)C3(C(=O)C(F)(F)F)CC3)n2)n[nH]1. The third-order valence-corrected chi connectivity index (χ3v) is 7.96. The molecule has 0 radical (unpaired) electrons. The van der Waals surface area contributed by atoms with Crippen molar-refractivity contribution in [3.05, 3.63) is 36.2 Å². The molecule has 3 fully saturated rings. The van der Waals surface area contributed by atoms with Gasteiger partial charge in [0.1, 0.15) is 17.1 Å². The first-order chi connectivity index (χ1) is 18.1. The number of nitrogens with zero attached hydrogens (tertiary/aromatic N) is 4. The number of hydrogen-bond acceptors (Lipinski definition) is 7.